The van der Waals surface area contributed by atoms with Crippen LogP contribution in [-0.4, -0.2) is 37.0 Å². The number of benzene rings is 1. The predicted octanol–water partition coefficient (Wildman–Crippen LogP) is 3.17. The molecule has 0 aliphatic heterocycles. The molecule has 0 spiro atoms. The number of nitrogens with one attached hydrogen (secondary N) is 1. The summed E-state index contributed by atoms with van der Waals surface area (Å²) in [6.07, 6.45) is 0.957. The van der Waals surface area contributed by atoms with Crippen molar-refractivity contribution < 1.29 is 4.92 Å². The van der Waals surface area contributed by atoms with Crippen LogP contribution in [0.3, 0.4) is 0 Å². The highest BCUT2D eigenvalue weighted by Gasteiger charge is 2.21. The smallest absolute Gasteiger partial charge is 0.311 e. The Kier molecular flexibility index (Phi) is 4.34. The minimum absolute atomic E-state index is 0.199. The Labute approximate surface area is 116 Å². The minimum atomic E-state index is -0.298. The Morgan fingerprint density at radius 2 is 2.11 bits per heavy atom. The Morgan fingerprint density at radius 3 is 2.79 bits per heavy atom. The maximum absolute atomic E-state index is 11.2. The third kappa shape index (κ3) is 3.21. The van der Waals surface area contributed by atoms with Gasteiger partial charge in [-0.3, -0.25) is 10.1 Å². The van der Waals surface area contributed by atoms with E-state index >= 15 is 0 Å². The van der Waals surface area contributed by atoms with E-state index in [9.17, 15) is 10.1 Å². The fourth-order valence-corrected chi connectivity index (χ4v) is 3.03. The maximum Gasteiger partial charge on any atom is 0.311 e. The number of rotatable bonds is 6. The van der Waals surface area contributed by atoms with E-state index < -0.39 is 0 Å². The second kappa shape index (κ2) is 5.99. The van der Waals surface area contributed by atoms with Gasteiger partial charge in [0.2, 0.25) is 0 Å². The molecule has 102 valence electrons. The zero-order valence-corrected chi connectivity index (χ0v) is 11.9. The van der Waals surface area contributed by atoms with E-state index in [0.717, 1.165) is 24.2 Å². The summed E-state index contributed by atoms with van der Waals surface area (Å²) in [5, 5.41) is 15.8. The van der Waals surface area contributed by atoms with Crippen molar-refractivity contribution in [3.8, 4) is 0 Å². The third-order valence-electron chi connectivity index (χ3n) is 2.82. The average molecular weight is 279 g/mol. The summed E-state index contributed by atoms with van der Waals surface area (Å²) in [5.74, 6) is 0. The van der Waals surface area contributed by atoms with Crippen molar-refractivity contribution in [3.63, 3.8) is 0 Å². The van der Waals surface area contributed by atoms with Gasteiger partial charge in [-0.1, -0.05) is 12.1 Å². The summed E-state index contributed by atoms with van der Waals surface area (Å²) in [6.45, 7) is 1.71. The lowest BCUT2D eigenvalue weighted by molar-refractivity contribution is -0.381. The highest BCUT2D eigenvalue weighted by molar-refractivity contribution is 7.23. The molecular formula is C13H17N3O2S. The number of nitro groups is 1. The molecule has 1 heterocycles. The Hall–Kier alpha value is -1.66. The van der Waals surface area contributed by atoms with Crippen LogP contribution >= 0.6 is 11.3 Å². The van der Waals surface area contributed by atoms with Crippen LogP contribution in [0.5, 0.6) is 0 Å². The Balaban J connectivity index is 2.17. The van der Waals surface area contributed by atoms with Crippen molar-refractivity contribution in [2.75, 3.05) is 32.5 Å². The number of hydrogen-bond donors (Lipinski definition) is 1. The van der Waals surface area contributed by atoms with E-state index in [1.54, 1.807) is 6.07 Å². The molecule has 0 atom stereocenters. The van der Waals surface area contributed by atoms with Crippen molar-refractivity contribution >= 4 is 32.1 Å². The van der Waals surface area contributed by atoms with Crippen LogP contribution in [0.4, 0.5) is 10.7 Å². The summed E-state index contributed by atoms with van der Waals surface area (Å²) in [5.41, 5.74) is 0.199. The van der Waals surface area contributed by atoms with Crippen molar-refractivity contribution in [1.29, 1.82) is 0 Å². The molecule has 2 aromatic rings. The van der Waals surface area contributed by atoms with Crippen LogP contribution in [0.2, 0.25) is 0 Å². The molecule has 0 saturated heterocycles. The molecule has 19 heavy (non-hydrogen) atoms. The van der Waals surface area contributed by atoms with E-state index in [0.29, 0.717) is 10.4 Å². The van der Waals surface area contributed by atoms with E-state index in [2.05, 4.69) is 10.2 Å². The van der Waals surface area contributed by atoms with Gasteiger partial charge in [0.25, 0.3) is 0 Å². The lowest BCUT2D eigenvalue weighted by Crippen LogP contribution is -2.16. The number of thiophene rings is 1. The third-order valence-corrected chi connectivity index (χ3v) is 3.94. The molecular weight excluding hydrogens is 262 g/mol. The van der Waals surface area contributed by atoms with Gasteiger partial charge in [-0.2, -0.15) is 0 Å². The fourth-order valence-electron chi connectivity index (χ4n) is 1.93. The van der Waals surface area contributed by atoms with Crippen LogP contribution in [0.15, 0.2) is 24.3 Å². The molecule has 0 aliphatic carbocycles. The first-order valence-electron chi connectivity index (χ1n) is 6.14. The van der Waals surface area contributed by atoms with Gasteiger partial charge in [0.15, 0.2) is 5.00 Å². The van der Waals surface area contributed by atoms with Crippen molar-refractivity contribution in [3.05, 3.63) is 34.4 Å². The van der Waals surface area contributed by atoms with Crippen LogP contribution in [0.25, 0.3) is 10.1 Å². The lowest BCUT2D eigenvalue weighted by atomic mass is 10.2. The van der Waals surface area contributed by atoms with E-state index in [1.165, 1.54) is 11.3 Å². The van der Waals surface area contributed by atoms with Gasteiger partial charge in [0, 0.05) is 11.2 Å². The monoisotopic (exact) mass is 279 g/mol. The molecule has 0 aliphatic rings. The predicted molar refractivity (Wildman–Crippen MR) is 80.1 cm³/mol. The first-order chi connectivity index (χ1) is 9.09. The zero-order valence-electron chi connectivity index (χ0n) is 11.0. The second-order valence-corrected chi connectivity index (χ2v) is 5.67. The summed E-state index contributed by atoms with van der Waals surface area (Å²) >= 11 is 1.44. The fraction of sp³-hybridized carbons (Fsp3) is 0.385. The zero-order chi connectivity index (χ0) is 13.8. The molecule has 0 radical (unpaired) electrons. The molecule has 1 aromatic carbocycles. The quantitative estimate of drug-likeness (QED) is 0.501. The summed E-state index contributed by atoms with van der Waals surface area (Å²) in [7, 11) is 4.03. The van der Waals surface area contributed by atoms with Gasteiger partial charge in [0.1, 0.15) is 0 Å². The van der Waals surface area contributed by atoms with Crippen molar-refractivity contribution in [1.82, 2.24) is 4.90 Å². The summed E-state index contributed by atoms with van der Waals surface area (Å²) in [6, 6.07) is 7.45. The lowest BCUT2D eigenvalue weighted by Gasteiger charge is -2.09. The number of fused-ring (bicyclic) bond motifs is 1. The van der Waals surface area contributed by atoms with Crippen LogP contribution in [-0.2, 0) is 0 Å². The summed E-state index contributed by atoms with van der Waals surface area (Å²) < 4.78 is 0.948. The van der Waals surface area contributed by atoms with Crippen LogP contribution in [0.1, 0.15) is 6.42 Å². The summed E-state index contributed by atoms with van der Waals surface area (Å²) in [4.78, 5) is 13.0. The number of anilines is 1. The van der Waals surface area contributed by atoms with Crippen molar-refractivity contribution in [2.24, 2.45) is 0 Å². The Bertz CT molecular complexity index is 580. The normalized spacial score (nSPS) is 11.1. The van der Waals surface area contributed by atoms with E-state index in [4.69, 9.17) is 0 Å². The maximum atomic E-state index is 11.2. The molecule has 5 nitrogen and oxygen atoms in total. The molecule has 0 bridgehead atoms. The molecule has 0 fully saturated rings. The first-order valence-corrected chi connectivity index (χ1v) is 6.96. The second-order valence-electron chi connectivity index (χ2n) is 4.62. The first kappa shape index (κ1) is 13.8. The minimum Gasteiger partial charge on any atom is -0.371 e. The van der Waals surface area contributed by atoms with E-state index in [-0.39, 0.29) is 10.6 Å². The molecule has 0 unspecified atom stereocenters. The van der Waals surface area contributed by atoms with Crippen LogP contribution < -0.4 is 5.32 Å². The van der Waals surface area contributed by atoms with Crippen molar-refractivity contribution in [2.45, 2.75) is 6.42 Å². The largest absolute Gasteiger partial charge is 0.371 e. The highest BCUT2D eigenvalue weighted by Crippen LogP contribution is 2.41. The van der Waals surface area contributed by atoms with Gasteiger partial charge < -0.3 is 10.2 Å². The molecule has 2 rings (SSSR count). The SMILES string of the molecule is CN(C)CCCNc1sc2ccccc2c1[N+](=O)[O-]. The molecule has 0 amide bonds. The topological polar surface area (TPSA) is 58.4 Å². The van der Waals surface area contributed by atoms with Crippen LogP contribution in [0, 0.1) is 10.1 Å². The van der Waals surface area contributed by atoms with Gasteiger partial charge in [-0.25, -0.2) is 0 Å². The molecule has 1 N–H and O–H groups in total. The highest BCUT2D eigenvalue weighted by atomic mass is 32.1. The number of nitrogens with zero attached hydrogens (tertiary/aromatic N) is 2. The number of hydrogen-bond acceptors (Lipinski definition) is 5. The van der Waals surface area contributed by atoms with E-state index in [1.807, 2.05) is 32.3 Å². The van der Waals surface area contributed by atoms with Gasteiger partial charge in [-0.15, -0.1) is 11.3 Å². The molecule has 1 aromatic heterocycles. The standard InChI is InChI=1S/C13H17N3O2S/c1-15(2)9-5-8-14-13-12(16(17)18)10-6-3-4-7-11(10)19-13/h3-4,6-7,14H,5,8-9H2,1-2H3. The van der Waals surface area contributed by atoms with Gasteiger partial charge in [-0.05, 0) is 39.2 Å². The van der Waals surface area contributed by atoms with Gasteiger partial charge >= 0.3 is 5.69 Å². The van der Waals surface area contributed by atoms with Gasteiger partial charge in [0.05, 0.1) is 10.3 Å². The Morgan fingerprint density at radius 1 is 1.37 bits per heavy atom. The average Bonchev–Trinajstić information content (AvgIpc) is 2.72. The molecule has 6 heteroatoms. The molecule has 0 saturated carbocycles.